The summed E-state index contributed by atoms with van der Waals surface area (Å²) in [4.78, 5) is 25.6. The van der Waals surface area contributed by atoms with E-state index in [9.17, 15) is 40.3 Å². The van der Waals surface area contributed by atoms with Crippen LogP contribution >= 0.6 is 23.4 Å². The number of anilines is 1. The predicted molar refractivity (Wildman–Crippen MR) is 121 cm³/mol. The molecule has 0 aliphatic heterocycles. The van der Waals surface area contributed by atoms with Crippen LogP contribution in [-0.4, -0.2) is 42.2 Å². The first kappa shape index (κ1) is 28.8. The molecule has 1 atom stereocenters. The molecule has 0 aliphatic rings. The first-order chi connectivity index (χ1) is 16.0. The molecule has 2 N–H and O–H groups in total. The van der Waals surface area contributed by atoms with Crippen molar-refractivity contribution in [3.05, 3.63) is 63.7 Å². The number of carbonyl (C=O) groups excluding carboxylic acids is 2. The average molecular weight is 545 g/mol. The summed E-state index contributed by atoms with van der Waals surface area (Å²) in [6, 6.07) is 5.15. The van der Waals surface area contributed by atoms with Crippen molar-refractivity contribution in [2.24, 2.45) is 0 Å². The van der Waals surface area contributed by atoms with Crippen LogP contribution in [-0.2, 0) is 5.67 Å². The third-order valence-corrected chi connectivity index (χ3v) is 6.08. The number of thioether (sulfide) groups is 1. The normalized spacial score (nSPS) is 13.3. The number of amides is 2. The van der Waals surface area contributed by atoms with Crippen LogP contribution in [0.15, 0.2) is 36.4 Å². The van der Waals surface area contributed by atoms with Crippen molar-refractivity contribution < 1.29 is 40.3 Å². The van der Waals surface area contributed by atoms with Gasteiger partial charge in [-0.2, -0.15) is 38.1 Å². The van der Waals surface area contributed by atoms with Gasteiger partial charge in [0.2, 0.25) is 0 Å². The number of carbonyl (C=O) groups is 2. The lowest BCUT2D eigenvalue weighted by Crippen LogP contribution is -2.50. The fourth-order valence-electron chi connectivity index (χ4n) is 3.23. The number of rotatable bonds is 7. The molecule has 2 rings (SSSR count). The number of halogens is 8. The Morgan fingerprint density at radius 1 is 1.00 bits per heavy atom. The van der Waals surface area contributed by atoms with Crippen LogP contribution < -0.4 is 10.6 Å². The Kier molecular flexibility index (Phi) is 8.75. The molecule has 13 heteroatoms. The number of aryl methyl sites for hydroxylation is 1. The fraction of sp³-hybridized carbons (Fsp3) is 0.364. The fourth-order valence-corrected chi connectivity index (χ4v) is 4.07. The Bertz CT molecular complexity index is 1090. The van der Waals surface area contributed by atoms with Crippen LogP contribution in [0.1, 0.15) is 38.8 Å². The summed E-state index contributed by atoms with van der Waals surface area (Å²) in [7, 11) is 0. The molecular weight excluding hydrogens is 525 g/mol. The zero-order valence-electron chi connectivity index (χ0n) is 18.5. The summed E-state index contributed by atoms with van der Waals surface area (Å²) in [6.07, 6.45) is -10.7. The van der Waals surface area contributed by atoms with Crippen LogP contribution in [0.3, 0.4) is 0 Å². The monoisotopic (exact) mass is 544 g/mol. The highest BCUT2D eigenvalue weighted by Gasteiger charge is 2.73. The minimum absolute atomic E-state index is 0.0452. The second kappa shape index (κ2) is 10.7. The smallest absolute Gasteiger partial charge is 0.349 e. The molecule has 192 valence electrons. The molecular formula is C22H20ClF7N2O2S. The average Bonchev–Trinajstić information content (AvgIpc) is 2.72. The number of hydrogen-bond acceptors (Lipinski definition) is 3. The third-order valence-electron chi connectivity index (χ3n) is 4.93. The number of benzene rings is 2. The molecule has 0 fully saturated rings. The van der Waals surface area contributed by atoms with E-state index in [-0.39, 0.29) is 33.4 Å². The molecule has 35 heavy (non-hydrogen) atoms. The molecule has 2 aromatic rings. The van der Waals surface area contributed by atoms with Gasteiger partial charge in [0.1, 0.15) is 0 Å². The standard InChI is InChI=1S/C22H20ClF7N2O2S/c1-11-9-13(20(24,21(25,26)27)22(28,29)30)7-8-16(11)32-18(33)14-5-4-6-15(23)17(14)19(34)31-12(2)10-35-3/h4-9,12H,10H2,1-3H3,(H,31,34)(H,32,33)/t12-/m0/s1. The quantitative estimate of drug-likeness (QED) is 0.383. The van der Waals surface area contributed by atoms with Crippen molar-refractivity contribution in [1.82, 2.24) is 5.32 Å². The van der Waals surface area contributed by atoms with E-state index in [0.29, 0.717) is 17.9 Å². The van der Waals surface area contributed by atoms with E-state index in [0.717, 1.165) is 13.0 Å². The SMILES string of the molecule is CSC[C@H](C)NC(=O)c1c(Cl)cccc1C(=O)Nc1ccc(C(F)(C(F)(F)F)C(F)(F)F)cc1C. The van der Waals surface area contributed by atoms with Gasteiger partial charge in [0.15, 0.2) is 0 Å². The lowest BCUT2D eigenvalue weighted by molar-refractivity contribution is -0.348. The maximum Gasteiger partial charge on any atom is 0.435 e. The van der Waals surface area contributed by atoms with E-state index in [2.05, 4.69) is 10.6 Å². The third kappa shape index (κ3) is 6.03. The van der Waals surface area contributed by atoms with Gasteiger partial charge in [0.05, 0.1) is 16.1 Å². The van der Waals surface area contributed by atoms with Gasteiger partial charge in [-0.25, -0.2) is 4.39 Å². The Morgan fingerprint density at radius 3 is 2.11 bits per heavy atom. The van der Waals surface area contributed by atoms with Crippen LogP contribution in [0.5, 0.6) is 0 Å². The lowest BCUT2D eigenvalue weighted by atomic mass is 9.92. The summed E-state index contributed by atoms with van der Waals surface area (Å²) in [5, 5.41) is 4.95. The van der Waals surface area contributed by atoms with E-state index >= 15 is 0 Å². The van der Waals surface area contributed by atoms with E-state index < -0.39 is 35.4 Å². The molecule has 4 nitrogen and oxygen atoms in total. The van der Waals surface area contributed by atoms with E-state index in [1.54, 1.807) is 6.92 Å². The molecule has 0 radical (unpaired) electrons. The first-order valence-electron chi connectivity index (χ1n) is 9.87. The van der Waals surface area contributed by atoms with Gasteiger partial charge in [-0.05, 0) is 43.9 Å². The Hall–Kier alpha value is -2.47. The van der Waals surface area contributed by atoms with Crippen LogP contribution in [0.25, 0.3) is 0 Å². The van der Waals surface area contributed by atoms with Crippen molar-refractivity contribution in [1.29, 1.82) is 0 Å². The second-order valence-electron chi connectivity index (χ2n) is 7.63. The van der Waals surface area contributed by atoms with Gasteiger partial charge in [0.25, 0.3) is 11.8 Å². The van der Waals surface area contributed by atoms with Crippen molar-refractivity contribution in [3.63, 3.8) is 0 Å². The highest BCUT2D eigenvalue weighted by molar-refractivity contribution is 7.98. The van der Waals surface area contributed by atoms with E-state index in [1.807, 2.05) is 6.26 Å². The van der Waals surface area contributed by atoms with Gasteiger partial charge in [-0.15, -0.1) is 0 Å². The molecule has 2 aromatic carbocycles. The molecule has 0 aliphatic carbocycles. The van der Waals surface area contributed by atoms with Gasteiger partial charge in [0, 0.05) is 23.0 Å². The molecule has 0 bridgehead atoms. The maximum absolute atomic E-state index is 14.3. The molecule has 0 saturated heterocycles. The molecule has 0 aromatic heterocycles. The van der Waals surface area contributed by atoms with Crippen molar-refractivity contribution in [2.45, 2.75) is 37.9 Å². The Morgan fingerprint density at radius 2 is 1.60 bits per heavy atom. The van der Waals surface area contributed by atoms with E-state index in [1.165, 1.54) is 30.0 Å². The Labute approximate surface area is 205 Å². The van der Waals surface area contributed by atoms with Crippen molar-refractivity contribution in [3.8, 4) is 0 Å². The summed E-state index contributed by atoms with van der Waals surface area (Å²) in [5.74, 6) is -0.967. The van der Waals surface area contributed by atoms with Crippen molar-refractivity contribution >= 4 is 40.9 Å². The van der Waals surface area contributed by atoms with Crippen LogP contribution in [0.4, 0.5) is 36.4 Å². The van der Waals surface area contributed by atoms with Gasteiger partial charge < -0.3 is 10.6 Å². The summed E-state index contributed by atoms with van der Waals surface area (Å²) < 4.78 is 92.5. The highest BCUT2D eigenvalue weighted by atomic mass is 35.5. The second-order valence-corrected chi connectivity index (χ2v) is 8.95. The number of alkyl halides is 7. The molecule has 2 amide bonds. The highest BCUT2D eigenvalue weighted by Crippen LogP contribution is 2.53. The minimum atomic E-state index is -6.26. The van der Waals surface area contributed by atoms with Crippen LogP contribution in [0, 0.1) is 6.92 Å². The van der Waals surface area contributed by atoms with Crippen LogP contribution in [0.2, 0.25) is 5.02 Å². The summed E-state index contributed by atoms with van der Waals surface area (Å²) in [6.45, 7) is 2.84. The Balaban J connectivity index is 2.41. The van der Waals surface area contributed by atoms with Gasteiger partial charge in [-0.1, -0.05) is 29.8 Å². The topological polar surface area (TPSA) is 58.2 Å². The number of hydrogen-bond donors (Lipinski definition) is 2. The minimum Gasteiger partial charge on any atom is -0.349 e. The maximum atomic E-state index is 14.3. The molecule has 0 heterocycles. The molecule has 0 unspecified atom stereocenters. The zero-order valence-corrected chi connectivity index (χ0v) is 20.1. The molecule has 0 saturated carbocycles. The largest absolute Gasteiger partial charge is 0.435 e. The summed E-state index contributed by atoms with van der Waals surface area (Å²) in [5.41, 5.74) is -8.08. The van der Waals surface area contributed by atoms with E-state index in [4.69, 9.17) is 11.6 Å². The predicted octanol–water partition coefficient (Wildman–Crippen LogP) is 6.67. The molecule has 0 spiro atoms. The summed E-state index contributed by atoms with van der Waals surface area (Å²) >= 11 is 7.59. The van der Waals surface area contributed by atoms with Gasteiger partial charge in [-0.3, -0.25) is 9.59 Å². The lowest BCUT2D eigenvalue weighted by Gasteiger charge is -2.30. The van der Waals surface area contributed by atoms with Crippen molar-refractivity contribution in [2.75, 3.05) is 17.3 Å². The zero-order chi connectivity index (χ0) is 26.8. The number of nitrogens with one attached hydrogen (secondary N) is 2. The van der Waals surface area contributed by atoms with Gasteiger partial charge >= 0.3 is 18.0 Å². The first-order valence-corrected chi connectivity index (χ1v) is 11.6.